The van der Waals surface area contributed by atoms with Crippen LogP contribution in [0.25, 0.3) is 0 Å². The van der Waals surface area contributed by atoms with Gasteiger partial charge in [0, 0.05) is 0 Å². The molecule has 0 atom stereocenters. The average Bonchev–Trinajstić information content (AvgIpc) is 2.10. The van der Waals surface area contributed by atoms with Gasteiger partial charge >= 0.3 is 19.5 Å². The topological polar surface area (TPSA) is 6.48 Å². The van der Waals surface area contributed by atoms with E-state index in [1.54, 1.807) is 13.8 Å². The molecule has 0 saturated heterocycles. The second-order valence-electron chi connectivity index (χ2n) is 2.96. The first kappa shape index (κ1) is 24.0. The first-order chi connectivity index (χ1) is 6.13. The molecule has 3 heteroatoms. The zero-order valence-electron chi connectivity index (χ0n) is 11.1. The Labute approximate surface area is 105 Å². The van der Waals surface area contributed by atoms with E-state index in [2.05, 4.69) is 51.8 Å². The van der Waals surface area contributed by atoms with E-state index < -0.39 is 0 Å². The summed E-state index contributed by atoms with van der Waals surface area (Å²) in [6.07, 6.45) is 1.26. The predicted octanol–water partition coefficient (Wildman–Crippen LogP) is 2.18. The maximum Gasteiger partial charge on any atom is 2.00 e. The van der Waals surface area contributed by atoms with Gasteiger partial charge in [-0.05, 0) is 47.7 Å². The van der Waals surface area contributed by atoms with Crippen molar-refractivity contribution >= 4 is 0 Å². The van der Waals surface area contributed by atoms with Gasteiger partial charge in [-0.3, -0.25) is 0 Å². The SMILES string of the molecule is CN(C)CCCN(C)C.[CH2-]C.[CH2-]C.[Zn+2]. The first-order valence-corrected chi connectivity index (χ1v) is 4.84. The summed E-state index contributed by atoms with van der Waals surface area (Å²) in [5.41, 5.74) is 0. The molecule has 0 saturated carbocycles. The van der Waals surface area contributed by atoms with Gasteiger partial charge in [-0.2, -0.15) is 13.8 Å². The molecule has 0 aromatic rings. The molecule has 0 rings (SSSR count). The Kier molecular flexibility index (Phi) is 40.1. The Bertz CT molecular complexity index is 58.3. The van der Waals surface area contributed by atoms with Gasteiger partial charge in [-0.1, -0.05) is 0 Å². The van der Waals surface area contributed by atoms with E-state index in [0.29, 0.717) is 0 Å². The van der Waals surface area contributed by atoms with Crippen LogP contribution < -0.4 is 0 Å². The quantitative estimate of drug-likeness (QED) is 0.560. The Morgan fingerprint density at radius 1 is 0.714 bits per heavy atom. The third kappa shape index (κ3) is 39.0. The van der Waals surface area contributed by atoms with Gasteiger partial charge in [-0.15, -0.1) is 0 Å². The molecular formula is C11H28N2Zn. The van der Waals surface area contributed by atoms with E-state index in [-0.39, 0.29) is 19.5 Å². The van der Waals surface area contributed by atoms with Crippen LogP contribution in [-0.2, 0) is 19.5 Å². The summed E-state index contributed by atoms with van der Waals surface area (Å²) >= 11 is 0. The molecule has 84 valence electrons. The van der Waals surface area contributed by atoms with Crippen LogP contribution in [-0.4, -0.2) is 51.1 Å². The second kappa shape index (κ2) is 23.4. The molecule has 0 unspecified atom stereocenters. The molecule has 0 aromatic carbocycles. The van der Waals surface area contributed by atoms with Crippen LogP contribution in [0.5, 0.6) is 0 Å². The van der Waals surface area contributed by atoms with Crippen LogP contribution in [0, 0.1) is 13.8 Å². The van der Waals surface area contributed by atoms with Crippen molar-refractivity contribution in [3.8, 4) is 0 Å². The van der Waals surface area contributed by atoms with Crippen molar-refractivity contribution in [2.45, 2.75) is 20.3 Å². The van der Waals surface area contributed by atoms with Crippen LogP contribution in [0.4, 0.5) is 0 Å². The summed E-state index contributed by atoms with van der Waals surface area (Å²) in [6, 6.07) is 0. The van der Waals surface area contributed by atoms with Crippen molar-refractivity contribution in [3.63, 3.8) is 0 Å². The van der Waals surface area contributed by atoms with Crippen molar-refractivity contribution in [1.29, 1.82) is 0 Å². The number of hydrogen-bond donors (Lipinski definition) is 0. The van der Waals surface area contributed by atoms with E-state index in [1.807, 2.05) is 0 Å². The summed E-state index contributed by atoms with van der Waals surface area (Å²) in [6.45, 7) is 12.4. The molecule has 0 radical (unpaired) electrons. The molecule has 0 heterocycles. The number of rotatable bonds is 4. The van der Waals surface area contributed by atoms with Gasteiger partial charge < -0.3 is 23.6 Å². The standard InChI is InChI=1S/C7H18N2.2C2H5.Zn/c1-8(2)6-5-7-9(3)4;2*1-2;/h5-7H2,1-4H3;2*1H2,2H3;/q;2*-1;+2. The molecule has 0 bridgehead atoms. The maximum absolute atomic E-state index is 3.25. The largest absolute Gasteiger partial charge is 2.00 e. The van der Waals surface area contributed by atoms with Crippen molar-refractivity contribution in [2.75, 3.05) is 41.3 Å². The molecule has 0 N–H and O–H groups in total. The third-order valence-electron chi connectivity index (χ3n) is 1.21. The van der Waals surface area contributed by atoms with Crippen LogP contribution in [0.2, 0.25) is 0 Å². The van der Waals surface area contributed by atoms with Crippen molar-refractivity contribution in [2.24, 2.45) is 0 Å². The third-order valence-corrected chi connectivity index (χ3v) is 1.21. The fourth-order valence-electron chi connectivity index (χ4n) is 0.703. The molecule has 0 amide bonds. The molecule has 0 fully saturated rings. The molecule has 0 aliphatic heterocycles. The Balaban J connectivity index is -0.0000000883. The smallest absolute Gasteiger partial charge is 0.346 e. The minimum absolute atomic E-state index is 0. The molecule has 14 heavy (non-hydrogen) atoms. The molecule has 0 aromatic heterocycles. The first-order valence-electron chi connectivity index (χ1n) is 4.84. The monoisotopic (exact) mass is 252 g/mol. The van der Waals surface area contributed by atoms with E-state index in [1.165, 1.54) is 19.5 Å². The van der Waals surface area contributed by atoms with Gasteiger partial charge in [0.05, 0.1) is 0 Å². The van der Waals surface area contributed by atoms with E-state index in [4.69, 9.17) is 0 Å². The minimum atomic E-state index is 0. The van der Waals surface area contributed by atoms with Gasteiger partial charge in [0.1, 0.15) is 0 Å². The summed E-state index contributed by atoms with van der Waals surface area (Å²) in [7, 11) is 8.43. The summed E-state index contributed by atoms with van der Waals surface area (Å²) < 4.78 is 0. The summed E-state index contributed by atoms with van der Waals surface area (Å²) in [5, 5.41) is 0. The van der Waals surface area contributed by atoms with E-state index in [9.17, 15) is 0 Å². The Morgan fingerprint density at radius 3 is 1.07 bits per heavy atom. The fourth-order valence-corrected chi connectivity index (χ4v) is 0.703. The molecular weight excluding hydrogens is 226 g/mol. The number of hydrogen-bond acceptors (Lipinski definition) is 2. The number of nitrogens with zero attached hydrogens (tertiary/aromatic N) is 2. The molecule has 0 spiro atoms. The maximum atomic E-state index is 3.25. The molecule has 0 aliphatic rings. The predicted molar refractivity (Wildman–Crippen MR) is 63.8 cm³/mol. The van der Waals surface area contributed by atoms with Gasteiger partial charge in [0.15, 0.2) is 0 Å². The van der Waals surface area contributed by atoms with Crippen LogP contribution >= 0.6 is 0 Å². The van der Waals surface area contributed by atoms with Crippen molar-refractivity contribution < 1.29 is 19.5 Å². The van der Waals surface area contributed by atoms with Crippen molar-refractivity contribution in [1.82, 2.24) is 9.80 Å². The summed E-state index contributed by atoms with van der Waals surface area (Å²) in [4.78, 5) is 4.42. The second-order valence-corrected chi connectivity index (χ2v) is 2.96. The average molecular weight is 254 g/mol. The van der Waals surface area contributed by atoms with Gasteiger partial charge in [-0.25, -0.2) is 0 Å². The molecule has 2 nitrogen and oxygen atoms in total. The Morgan fingerprint density at radius 2 is 0.929 bits per heavy atom. The van der Waals surface area contributed by atoms with E-state index in [0.717, 1.165) is 0 Å². The molecule has 0 aliphatic carbocycles. The van der Waals surface area contributed by atoms with Gasteiger partial charge in [0.25, 0.3) is 0 Å². The summed E-state index contributed by atoms with van der Waals surface area (Å²) in [5.74, 6) is 0. The van der Waals surface area contributed by atoms with Crippen LogP contribution in [0.15, 0.2) is 0 Å². The van der Waals surface area contributed by atoms with Crippen molar-refractivity contribution in [3.05, 3.63) is 13.8 Å². The zero-order valence-corrected chi connectivity index (χ0v) is 14.1. The van der Waals surface area contributed by atoms with E-state index >= 15 is 0 Å². The Hall–Kier alpha value is 0.543. The normalized spacial score (nSPS) is 8.14. The minimum Gasteiger partial charge on any atom is -0.346 e. The zero-order chi connectivity index (χ0) is 11.3. The van der Waals surface area contributed by atoms with Gasteiger partial charge in [0.2, 0.25) is 0 Å². The van der Waals surface area contributed by atoms with Crippen LogP contribution in [0.1, 0.15) is 20.3 Å². The van der Waals surface area contributed by atoms with Crippen LogP contribution in [0.3, 0.4) is 0 Å². The fraction of sp³-hybridized carbons (Fsp3) is 0.818.